The van der Waals surface area contributed by atoms with Crippen molar-refractivity contribution in [3.8, 4) is 5.69 Å². The van der Waals surface area contributed by atoms with Crippen LogP contribution in [0.4, 0.5) is 0 Å². The van der Waals surface area contributed by atoms with Gasteiger partial charge in [-0.15, -0.1) is 5.10 Å². The van der Waals surface area contributed by atoms with Gasteiger partial charge in [0.25, 0.3) is 0 Å². The number of hydrogen-bond acceptors (Lipinski definition) is 6. The molecule has 9 nitrogen and oxygen atoms in total. The Morgan fingerprint density at radius 1 is 1.16 bits per heavy atom. The van der Waals surface area contributed by atoms with E-state index in [1.54, 1.807) is 0 Å². The fourth-order valence-electron chi connectivity index (χ4n) is 1.51. The third-order valence-electron chi connectivity index (χ3n) is 2.37. The van der Waals surface area contributed by atoms with Crippen LogP contribution in [0.3, 0.4) is 0 Å². The molecule has 19 heavy (non-hydrogen) atoms. The van der Waals surface area contributed by atoms with Crippen molar-refractivity contribution < 1.29 is 19.8 Å². The quantitative estimate of drug-likeness (QED) is 0.670. The first-order chi connectivity index (χ1) is 9.02. The van der Waals surface area contributed by atoms with E-state index in [1.807, 2.05) is 0 Å². The zero-order valence-corrected chi connectivity index (χ0v) is 9.52. The summed E-state index contributed by atoms with van der Waals surface area (Å²) < 4.78 is 1.19. The monoisotopic (exact) mass is 263 g/mol. The minimum atomic E-state index is -1.24. The number of aromatic carboxylic acids is 2. The van der Waals surface area contributed by atoms with Gasteiger partial charge < -0.3 is 15.9 Å². The number of benzene rings is 1. The van der Waals surface area contributed by atoms with E-state index >= 15 is 0 Å². The lowest BCUT2D eigenvalue weighted by atomic mass is 10.1. The van der Waals surface area contributed by atoms with Crippen LogP contribution >= 0.6 is 0 Å². The van der Waals surface area contributed by atoms with Crippen LogP contribution in [0.25, 0.3) is 5.69 Å². The average molecular weight is 263 g/mol. The van der Waals surface area contributed by atoms with Gasteiger partial charge in [-0.3, -0.25) is 0 Å². The molecule has 0 fully saturated rings. The van der Waals surface area contributed by atoms with Crippen LogP contribution < -0.4 is 5.73 Å². The van der Waals surface area contributed by atoms with E-state index in [4.69, 9.17) is 15.9 Å². The molecule has 0 saturated heterocycles. The Kier molecular flexibility index (Phi) is 3.21. The van der Waals surface area contributed by atoms with Gasteiger partial charge in [0.1, 0.15) is 0 Å². The van der Waals surface area contributed by atoms with Crippen LogP contribution in [0, 0.1) is 0 Å². The molecule has 0 spiro atoms. The van der Waals surface area contributed by atoms with E-state index in [1.165, 1.54) is 16.8 Å². The van der Waals surface area contributed by atoms with E-state index < -0.39 is 11.9 Å². The van der Waals surface area contributed by atoms with E-state index in [0.29, 0.717) is 5.82 Å². The molecule has 0 aliphatic carbocycles. The van der Waals surface area contributed by atoms with Crippen molar-refractivity contribution in [3.63, 3.8) is 0 Å². The van der Waals surface area contributed by atoms with Crippen molar-refractivity contribution in [1.29, 1.82) is 0 Å². The number of nitrogens with two attached hydrogens (primary N) is 1. The zero-order valence-electron chi connectivity index (χ0n) is 9.52. The minimum Gasteiger partial charge on any atom is -0.478 e. The standard InChI is InChI=1S/C10H9N5O4/c11-4-8-12-13-14-15(8)7-2-5(9(16)17)1-6(3-7)10(18)19/h1-3H,4,11H2,(H,16,17)(H,18,19). The predicted molar refractivity (Wildman–Crippen MR) is 61.0 cm³/mol. The molecule has 0 unspecified atom stereocenters. The topological polar surface area (TPSA) is 144 Å². The highest BCUT2D eigenvalue weighted by Crippen LogP contribution is 2.15. The molecule has 2 aromatic rings. The number of carbonyl (C=O) groups is 2. The Morgan fingerprint density at radius 3 is 2.21 bits per heavy atom. The van der Waals surface area contributed by atoms with E-state index in [-0.39, 0.29) is 23.4 Å². The Hall–Kier alpha value is -2.81. The first-order valence-corrected chi connectivity index (χ1v) is 5.12. The maximum Gasteiger partial charge on any atom is 0.335 e. The second kappa shape index (κ2) is 4.82. The molecule has 1 aromatic heterocycles. The van der Waals surface area contributed by atoms with Crippen molar-refractivity contribution in [2.24, 2.45) is 5.73 Å². The first-order valence-electron chi connectivity index (χ1n) is 5.12. The summed E-state index contributed by atoms with van der Waals surface area (Å²) in [5, 5.41) is 28.6. The van der Waals surface area contributed by atoms with Gasteiger partial charge in [0.05, 0.1) is 23.4 Å². The zero-order chi connectivity index (χ0) is 14.0. The van der Waals surface area contributed by atoms with Crippen molar-refractivity contribution in [1.82, 2.24) is 20.2 Å². The van der Waals surface area contributed by atoms with E-state index in [9.17, 15) is 9.59 Å². The van der Waals surface area contributed by atoms with Crippen LogP contribution in [-0.2, 0) is 6.54 Å². The molecule has 0 radical (unpaired) electrons. The highest BCUT2D eigenvalue weighted by atomic mass is 16.4. The van der Waals surface area contributed by atoms with Crippen LogP contribution in [0.2, 0.25) is 0 Å². The van der Waals surface area contributed by atoms with Gasteiger partial charge in [0, 0.05) is 0 Å². The number of tetrazole rings is 1. The maximum absolute atomic E-state index is 11.0. The number of carboxylic acid groups (broad SMARTS) is 2. The number of aromatic nitrogens is 4. The molecule has 9 heteroatoms. The molecule has 1 aromatic carbocycles. The fourth-order valence-corrected chi connectivity index (χ4v) is 1.51. The highest BCUT2D eigenvalue weighted by Gasteiger charge is 2.14. The summed E-state index contributed by atoms with van der Waals surface area (Å²) in [7, 11) is 0. The SMILES string of the molecule is NCc1nnnn1-c1cc(C(=O)O)cc(C(=O)O)c1. The lowest BCUT2D eigenvalue weighted by Gasteiger charge is -2.06. The number of nitrogens with zero attached hydrogens (tertiary/aromatic N) is 4. The minimum absolute atomic E-state index is 0.0344. The van der Waals surface area contributed by atoms with Gasteiger partial charge >= 0.3 is 11.9 Å². The van der Waals surface area contributed by atoms with Crippen LogP contribution in [0.15, 0.2) is 18.2 Å². The van der Waals surface area contributed by atoms with Crippen molar-refractivity contribution in [2.45, 2.75) is 6.54 Å². The number of carboxylic acids is 2. The summed E-state index contributed by atoms with van der Waals surface area (Å²) in [6.07, 6.45) is 0. The van der Waals surface area contributed by atoms with Crippen LogP contribution in [-0.4, -0.2) is 42.4 Å². The summed E-state index contributed by atoms with van der Waals surface area (Å²) in [5.74, 6) is -2.20. The molecule has 4 N–H and O–H groups in total. The van der Waals surface area contributed by atoms with Gasteiger partial charge in [-0.05, 0) is 28.6 Å². The lowest BCUT2D eigenvalue weighted by Crippen LogP contribution is -2.11. The van der Waals surface area contributed by atoms with Gasteiger partial charge in [-0.25, -0.2) is 9.59 Å². The second-order valence-electron chi connectivity index (χ2n) is 3.59. The molecular formula is C10H9N5O4. The Labute approximate surface area is 106 Å². The third-order valence-corrected chi connectivity index (χ3v) is 2.37. The molecule has 0 bridgehead atoms. The normalized spacial score (nSPS) is 10.4. The lowest BCUT2D eigenvalue weighted by molar-refractivity contribution is 0.0696. The molecule has 0 atom stereocenters. The molecule has 98 valence electrons. The Balaban J connectivity index is 2.63. The molecular weight excluding hydrogens is 254 g/mol. The number of hydrogen-bond donors (Lipinski definition) is 3. The summed E-state index contributed by atoms with van der Waals surface area (Å²) in [6, 6.07) is 3.59. The summed E-state index contributed by atoms with van der Waals surface area (Å²) in [5.41, 5.74) is 5.31. The van der Waals surface area contributed by atoms with E-state index in [0.717, 1.165) is 6.07 Å². The summed E-state index contributed by atoms with van der Waals surface area (Å²) in [4.78, 5) is 21.9. The molecule has 0 saturated carbocycles. The molecule has 0 aliphatic heterocycles. The predicted octanol–water partition coefficient (Wildman–Crippen LogP) is -0.483. The van der Waals surface area contributed by atoms with Gasteiger partial charge in [-0.1, -0.05) is 0 Å². The highest BCUT2D eigenvalue weighted by molar-refractivity contribution is 5.94. The largest absolute Gasteiger partial charge is 0.478 e. The Morgan fingerprint density at radius 2 is 1.74 bits per heavy atom. The number of rotatable bonds is 4. The second-order valence-corrected chi connectivity index (χ2v) is 3.59. The van der Waals surface area contributed by atoms with Crippen LogP contribution in [0.5, 0.6) is 0 Å². The summed E-state index contributed by atoms with van der Waals surface area (Å²) in [6.45, 7) is 0.0344. The fraction of sp³-hybridized carbons (Fsp3) is 0.100. The summed E-state index contributed by atoms with van der Waals surface area (Å²) >= 11 is 0. The van der Waals surface area contributed by atoms with Crippen molar-refractivity contribution in [2.75, 3.05) is 0 Å². The van der Waals surface area contributed by atoms with Crippen LogP contribution in [0.1, 0.15) is 26.5 Å². The molecule has 0 amide bonds. The molecule has 1 heterocycles. The Bertz CT molecular complexity index is 619. The van der Waals surface area contributed by atoms with E-state index in [2.05, 4.69) is 15.5 Å². The smallest absolute Gasteiger partial charge is 0.335 e. The molecule has 2 rings (SSSR count). The van der Waals surface area contributed by atoms with Gasteiger partial charge in [0.15, 0.2) is 5.82 Å². The maximum atomic E-state index is 11.0. The van der Waals surface area contributed by atoms with Gasteiger partial charge in [-0.2, -0.15) is 4.68 Å². The van der Waals surface area contributed by atoms with Crippen molar-refractivity contribution in [3.05, 3.63) is 35.2 Å². The average Bonchev–Trinajstić information content (AvgIpc) is 2.86. The first kappa shape index (κ1) is 12.6. The molecule has 0 aliphatic rings. The van der Waals surface area contributed by atoms with Gasteiger partial charge in [0.2, 0.25) is 0 Å². The third kappa shape index (κ3) is 2.40. The van der Waals surface area contributed by atoms with Crippen molar-refractivity contribution >= 4 is 11.9 Å².